The lowest BCUT2D eigenvalue weighted by Crippen LogP contribution is -2.33. The van der Waals surface area contributed by atoms with Crippen LogP contribution in [0.3, 0.4) is 0 Å². The van der Waals surface area contributed by atoms with E-state index in [1.807, 2.05) is 0 Å². The first-order valence-electron chi connectivity index (χ1n) is 7.97. The molecule has 0 saturated heterocycles. The van der Waals surface area contributed by atoms with Crippen LogP contribution in [-0.2, 0) is 0 Å². The first-order valence-corrected chi connectivity index (χ1v) is 7.97. The molecular formula is C18H31NO. The highest BCUT2D eigenvalue weighted by molar-refractivity contribution is 5.48. The second-order valence-electron chi connectivity index (χ2n) is 6.18. The molecule has 0 fully saturated rings. The van der Waals surface area contributed by atoms with Crippen LogP contribution in [0.5, 0.6) is 5.75 Å². The summed E-state index contributed by atoms with van der Waals surface area (Å²) in [7, 11) is 0. The smallest absolute Gasteiger partial charge is 0.120 e. The van der Waals surface area contributed by atoms with Gasteiger partial charge in [-0.25, -0.2) is 0 Å². The fourth-order valence-electron chi connectivity index (χ4n) is 2.06. The second-order valence-corrected chi connectivity index (χ2v) is 6.18. The molecule has 2 heteroatoms. The van der Waals surface area contributed by atoms with Gasteiger partial charge in [0, 0.05) is 11.2 Å². The molecular weight excluding hydrogens is 246 g/mol. The standard InChI is InChI=1S/C18H31NO/c1-7-17(5,8-2)19-15-11-13-16(14-12-15)20-18(6,9-3)10-4/h11-14,19H,7-10H2,1-6H3. The van der Waals surface area contributed by atoms with E-state index in [4.69, 9.17) is 4.74 Å². The van der Waals surface area contributed by atoms with Crippen molar-refractivity contribution >= 4 is 5.69 Å². The number of rotatable bonds is 8. The van der Waals surface area contributed by atoms with Gasteiger partial charge in [0.25, 0.3) is 0 Å². The first kappa shape index (κ1) is 16.9. The lowest BCUT2D eigenvalue weighted by Gasteiger charge is -2.30. The summed E-state index contributed by atoms with van der Waals surface area (Å²) < 4.78 is 6.11. The third-order valence-corrected chi connectivity index (χ3v) is 4.72. The quantitative estimate of drug-likeness (QED) is 0.664. The Labute approximate surface area is 124 Å². The molecule has 0 bridgehead atoms. The number of nitrogens with one attached hydrogen (secondary N) is 1. The lowest BCUT2D eigenvalue weighted by molar-refractivity contribution is 0.0803. The topological polar surface area (TPSA) is 21.3 Å². The van der Waals surface area contributed by atoms with Gasteiger partial charge in [0.2, 0.25) is 0 Å². The van der Waals surface area contributed by atoms with E-state index in [9.17, 15) is 0 Å². The number of hydrogen-bond acceptors (Lipinski definition) is 2. The number of anilines is 1. The van der Waals surface area contributed by atoms with E-state index in [0.717, 1.165) is 31.4 Å². The summed E-state index contributed by atoms with van der Waals surface area (Å²) in [5.41, 5.74) is 1.28. The lowest BCUT2D eigenvalue weighted by atomic mass is 9.95. The Bertz CT molecular complexity index is 349. The van der Waals surface area contributed by atoms with Gasteiger partial charge in [-0.3, -0.25) is 0 Å². The number of benzene rings is 1. The highest BCUT2D eigenvalue weighted by Crippen LogP contribution is 2.27. The maximum Gasteiger partial charge on any atom is 0.120 e. The Morgan fingerprint density at radius 1 is 0.850 bits per heavy atom. The molecule has 0 aliphatic heterocycles. The Balaban J connectivity index is 2.74. The van der Waals surface area contributed by atoms with Crippen LogP contribution in [0.25, 0.3) is 0 Å². The Hall–Kier alpha value is -1.18. The Morgan fingerprint density at radius 2 is 1.35 bits per heavy atom. The highest BCUT2D eigenvalue weighted by Gasteiger charge is 2.22. The maximum atomic E-state index is 6.11. The number of hydrogen-bond donors (Lipinski definition) is 1. The zero-order chi connectivity index (χ0) is 15.2. The molecule has 0 saturated carbocycles. The van der Waals surface area contributed by atoms with Crippen molar-refractivity contribution in [1.29, 1.82) is 0 Å². The van der Waals surface area contributed by atoms with Gasteiger partial charge < -0.3 is 10.1 Å². The molecule has 0 atom stereocenters. The molecule has 0 heterocycles. The molecule has 0 aromatic heterocycles. The van der Waals surface area contributed by atoms with Gasteiger partial charge in [0.05, 0.1) is 0 Å². The summed E-state index contributed by atoms with van der Waals surface area (Å²) >= 11 is 0. The Morgan fingerprint density at radius 3 is 1.75 bits per heavy atom. The van der Waals surface area contributed by atoms with Gasteiger partial charge >= 0.3 is 0 Å². The minimum absolute atomic E-state index is 0.0592. The minimum Gasteiger partial charge on any atom is -0.488 e. The molecule has 0 amide bonds. The molecule has 0 aliphatic rings. The summed E-state index contributed by atoms with van der Waals surface area (Å²) in [6, 6.07) is 8.37. The molecule has 20 heavy (non-hydrogen) atoms. The van der Waals surface area contributed by atoms with Crippen molar-refractivity contribution < 1.29 is 4.74 Å². The van der Waals surface area contributed by atoms with Crippen molar-refractivity contribution in [2.45, 2.75) is 78.4 Å². The van der Waals surface area contributed by atoms with E-state index >= 15 is 0 Å². The maximum absolute atomic E-state index is 6.11. The molecule has 1 N–H and O–H groups in total. The zero-order valence-corrected chi connectivity index (χ0v) is 14.0. The summed E-state index contributed by atoms with van der Waals surface area (Å²) in [4.78, 5) is 0. The van der Waals surface area contributed by atoms with Crippen LogP contribution in [0.15, 0.2) is 24.3 Å². The SMILES string of the molecule is CCC(C)(CC)Nc1ccc(OC(C)(CC)CC)cc1. The third-order valence-electron chi connectivity index (χ3n) is 4.72. The van der Waals surface area contributed by atoms with Gasteiger partial charge in [0.15, 0.2) is 0 Å². The van der Waals surface area contributed by atoms with Crippen LogP contribution < -0.4 is 10.1 Å². The predicted octanol–water partition coefficient (Wildman–Crippen LogP) is 5.63. The van der Waals surface area contributed by atoms with Crippen molar-refractivity contribution in [1.82, 2.24) is 0 Å². The van der Waals surface area contributed by atoms with Crippen LogP contribution in [0.4, 0.5) is 5.69 Å². The summed E-state index contributed by atoms with van der Waals surface area (Å²) in [6.07, 6.45) is 4.28. The first-order chi connectivity index (χ1) is 9.40. The normalized spacial score (nSPS) is 12.3. The van der Waals surface area contributed by atoms with Crippen LogP contribution in [0, 0.1) is 0 Å². The van der Waals surface area contributed by atoms with E-state index in [1.54, 1.807) is 0 Å². The third kappa shape index (κ3) is 4.43. The monoisotopic (exact) mass is 277 g/mol. The molecule has 1 aromatic rings. The molecule has 0 aliphatic carbocycles. The van der Waals surface area contributed by atoms with Crippen LogP contribution in [-0.4, -0.2) is 11.1 Å². The molecule has 1 aromatic carbocycles. The second kappa shape index (κ2) is 7.01. The van der Waals surface area contributed by atoms with Crippen molar-refractivity contribution in [3.63, 3.8) is 0 Å². The molecule has 0 spiro atoms. The van der Waals surface area contributed by atoms with Crippen LogP contribution in [0.2, 0.25) is 0 Å². The average Bonchev–Trinajstić information content (AvgIpc) is 2.49. The minimum atomic E-state index is -0.0592. The molecule has 1 rings (SSSR count). The van der Waals surface area contributed by atoms with Gasteiger partial charge in [-0.2, -0.15) is 0 Å². The van der Waals surface area contributed by atoms with E-state index in [1.165, 1.54) is 5.69 Å². The fourth-order valence-corrected chi connectivity index (χ4v) is 2.06. The van der Waals surface area contributed by atoms with E-state index < -0.39 is 0 Å². The molecule has 2 nitrogen and oxygen atoms in total. The highest BCUT2D eigenvalue weighted by atomic mass is 16.5. The van der Waals surface area contributed by atoms with Gasteiger partial charge in [0.1, 0.15) is 11.4 Å². The molecule has 0 radical (unpaired) electrons. The fraction of sp³-hybridized carbons (Fsp3) is 0.667. The van der Waals surface area contributed by atoms with Gasteiger partial charge in [-0.1, -0.05) is 27.7 Å². The predicted molar refractivity (Wildman–Crippen MR) is 88.7 cm³/mol. The summed E-state index contributed by atoms with van der Waals surface area (Å²) in [5, 5.41) is 3.62. The van der Waals surface area contributed by atoms with E-state index in [2.05, 4.69) is 71.1 Å². The summed E-state index contributed by atoms with van der Waals surface area (Å²) in [5.74, 6) is 0.955. The average molecular weight is 277 g/mol. The molecule has 114 valence electrons. The summed E-state index contributed by atoms with van der Waals surface area (Å²) in [6.45, 7) is 13.2. The van der Waals surface area contributed by atoms with Gasteiger partial charge in [-0.15, -0.1) is 0 Å². The van der Waals surface area contributed by atoms with Crippen molar-refractivity contribution in [2.75, 3.05) is 5.32 Å². The van der Waals surface area contributed by atoms with Crippen LogP contribution >= 0.6 is 0 Å². The van der Waals surface area contributed by atoms with Crippen LogP contribution in [0.1, 0.15) is 67.2 Å². The van der Waals surface area contributed by atoms with Crippen molar-refractivity contribution in [3.8, 4) is 5.75 Å². The zero-order valence-electron chi connectivity index (χ0n) is 14.0. The van der Waals surface area contributed by atoms with Crippen molar-refractivity contribution in [3.05, 3.63) is 24.3 Å². The largest absolute Gasteiger partial charge is 0.488 e. The Kier molecular flexibility index (Phi) is 5.91. The number of ether oxygens (including phenoxy) is 1. The van der Waals surface area contributed by atoms with E-state index in [-0.39, 0.29) is 11.1 Å². The van der Waals surface area contributed by atoms with Gasteiger partial charge in [-0.05, 0) is 63.8 Å². The van der Waals surface area contributed by atoms with Crippen molar-refractivity contribution in [2.24, 2.45) is 0 Å². The molecule has 0 unspecified atom stereocenters. The van der Waals surface area contributed by atoms with E-state index in [0.29, 0.717) is 0 Å².